The normalized spacial score (nSPS) is 14.2. The van der Waals surface area contributed by atoms with E-state index in [1.54, 1.807) is 52.0 Å². The van der Waals surface area contributed by atoms with Gasteiger partial charge in [-0.05, 0) is 57.0 Å². The lowest BCUT2D eigenvalue weighted by Crippen LogP contribution is -2.38. The molecule has 2 heterocycles. The van der Waals surface area contributed by atoms with Crippen molar-refractivity contribution in [3.05, 3.63) is 82.7 Å². The van der Waals surface area contributed by atoms with Gasteiger partial charge in [-0.3, -0.25) is 4.79 Å². The van der Waals surface area contributed by atoms with Crippen LogP contribution in [0.25, 0.3) is 33.6 Å². The van der Waals surface area contributed by atoms with Crippen LogP contribution >= 0.6 is 11.6 Å². The number of rotatable bonds is 4. The standard InChI is InChI=1S/C31H27ClN2O7/c1-16-13-25(41-33-16)28(36)26-21-14-20(22(32)15-23(21)34(29(26)37)30(38)40-31(2,3)4)18-11-9-17(10-12-18)19-7-6-8-24(39-5)27(19)35/h6-15,35-36H,1-5H3. The number of carbonyl (C=O) groups is 2. The Morgan fingerprint density at radius 2 is 1.66 bits per heavy atom. The topological polar surface area (TPSA) is 122 Å². The Kier molecular flexibility index (Phi) is 7.00. The fourth-order valence-electron chi connectivity index (χ4n) is 4.57. The van der Waals surface area contributed by atoms with Crippen LogP contribution in [0.5, 0.6) is 11.5 Å². The van der Waals surface area contributed by atoms with Crippen molar-refractivity contribution in [2.45, 2.75) is 33.3 Å². The first-order valence-corrected chi connectivity index (χ1v) is 13.0. The van der Waals surface area contributed by atoms with Gasteiger partial charge in [-0.25, -0.2) is 9.69 Å². The second-order valence-electron chi connectivity index (χ2n) is 10.5. The lowest BCUT2D eigenvalue weighted by molar-refractivity contribution is -0.112. The summed E-state index contributed by atoms with van der Waals surface area (Å²) in [6.07, 6.45) is -0.911. The second kappa shape index (κ2) is 10.3. The van der Waals surface area contributed by atoms with Crippen LogP contribution in [-0.2, 0) is 9.53 Å². The Balaban J connectivity index is 1.63. The van der Waals surface area contributed by atoms with E-state index in [0.717, 1.165) is 10.5 Å². The molecule has 4 aromatic rings. The van der Waals surface area contributed by atoms with Gasteiger partial charge in [-0.2, -0.15) is 0 Å². The number of phenols is 1. The summed E-state index contributed by atoms with van der Waals surface area (Å²) in [5, 5.41) is 25.7. The summed E-state index contributed by atoms with van der Waals surface area (Å²) < 4.78 is 15.9. The number of aliphatic hydroxyl groups excluding tert-OH is 1. The molecule has 0 spiro atoms. The van der Waals surface area contributed by atoms with Crippen LogP contribution in [0.3, 0.4) is 0 Å². The fourth-order valence-corrected chi connectivity index (χ4v) is 4.84. The van der Waals surface area contributed by atoms with Crippen LogP contribution < -0.4 is 9.64 Å². The quantitative estimate of drug-likeness (QED) is 0.191. The van der Waals surface area contributed by atoms with Crippen molar-refractivity contribution in [3.8, 4) is 33.8 Å². The van der Waals surface area contributed by atoms with Crippen LogP contribution in [0.4, 0.5) is 10.5 Å². The van der Waals surface area contributed by atoms with Gasteiger partial charge >= 0.3 is 6.09 Å². The fraction of sp³-hybridized carbons (Fsp3) is 0.194. The second-order valence-corrected chi connectivity index (χ2v) is 10.9. The molecule has 1 aliphatic heterocycles. The number of ether oxygens (including phenoxy) is 2. The number of halogens is 1. The summed E-state index contributed by atoms with van der Waals surface area (Å²) in [5.41, 5.74) is 2.47. The van der Waals surface area contributed by atoms with E-state index in [9.17, 15) is 19.8 Å². The molecular weight excluding hydrogens is 548 g/mol. The number of anilines is 1. The summed E-state index contributed by atoms with van der Waals surface area (Å²) in [4.78, 5) is 27.6. The number of amides is 2. The molecule has 2 amide bonds. The first kappa shape index (κ1) is 27.8. The monoisotopic (exact) mass is 574 g/mol. The Morgan fingerprint density at radius 1 is 1.00 bits per heavy atom. The summed E-state index contributed by atoms with van der Waals surface area (Å²) in [7, 11) is 1.48. The van der Waals surface area contributed by atoms with Gasteiger partial charge in [0.2, 0.25) is 5.76 Å². The molecule has 10 heteroatoms. The molecular formula is C31H27ClN2O7. The van der Waals surface area contributed by atoms with E-state index in [1.807, 2.05) is 24.3 Å². The number of hydrogen-bond acceptors (Lipinski definition) is 8. The third kappa shape index (κ3) is 5.12. The number of hydrogen-bond donors (Lipinski definition) is 2. The van der Waals surface area contributed by atoms with Crippen molar-refractivity contribution < 1.29 is 33.8 Å². The zero-order valence-corrected chi connectivity index (χ0v) is 23.7. The molecule has 5 rings (SSSR count). The minimum Gasteiger partial charge on any atom is -0.504 e. The van der Waals surface area contributed by atoms with Crippen LogP contribution in [0.1, 0.15) is 37.8 Å². The number of aromatic nitrogens is 1. The predicted molar refractivity (Wildman–Crippen MR) is 155 cm³/mol. The molecule has 210 valence electrons. The van der Waals surface area contributed by atoms with Gasteiger partial charge in [0.25, 0.3) is 5.91 Å². The molecule has 0 aliphatic carbocycles. The predicted octanol–water partition coefficient (Wildman–Crippen LogP) is 7.39. The highest BCUT2D eigenvalue weighted by atomic mass is 35.5. The lowest BCUT2D eigenvalue weighted by atomic mass is 9.96. The molecule has 1 aliphatic rings. The van der Waals surface area contributed by atoms with Gasteiger partial charge in [-0.1, -0.05) is 53.2 Å². The van der Waals surface area contributed by atoms with Crippen LogP contribution in [0.2, 0.25) is 5.02 Å². The lowest BCUT2D eigenvalue weighted by Gasteiger charge is -2.23. The minimum atomic E-state index is -0.911. The number of aryl methyl sites for hydroxylation is 1. The zero-order chi connectivity index (χ0) is 29.6. The maximum atomic E-state index is 13.6. The van der Waals surface area contributed by atoms with E-state index in [1.165, 1.54) is 19.2 Å². The Labute approximate surface area is 241 Å². The highest BCUT2D eigenvalue weighted by molar-refractivity contribution is 6.43. The molecule has 0 bridgehead atoms. The van der Waals surface area contributed by atoms with Gasteiger partial charge in [0.15, 0.2) is 17.3 Å². The molecule has 0 unspecified atom stereocenters. The first-order chi connectivity index (χ1) is 19.4. The number of fused-ring (bicyclic) bond motifs is 1. The van der Waals surface area contributed by atoms with Gasteiger partial charge in [0.1, 0.15) is 5.60 Å². The Morgan fingerprint density at radius 3 is 2.24 bits per heavy atom. The largest absolute Gasteiger partial charge is 0.504 e. The molecule has 9 nitrogen and oxygen atoms in total. The number of nitrogens with zero attached hydrogens (tertiary/aromatic N) is 2. The van der Waals surface area contributed by atoms with Crippen molar-refractivity contribution >= 4 is 40.6 Å². The van der Waals surface area contributed by atoms with Crippen molar-refractivity contribution in [1.82, 2.24) is 5.16 Å². The zero-order valence-electron chi connectivity index (χ0n) is 23.0. The third-order valence-corrected chi connectivity index (χ3v) is 6.73. The third-order valence-electron chi connectivity index (χ3n) is 6.41. The number of carbonyl (C=O) groups excluding carboxylic acids is 2. The molecule has 1 aromatic heterocycles. The van der Waals surface area contributed by atoms with E-state index in [4.69, 9.17) is 25.6 Å². The number of para-hydroxylation sites is 1. The van der Waals surface area contributed by atoms with Gasteiger partial charge in [0.05, 0.1) is 29.1 Å². The van der Waals surface area contributed by atoms with Gasteiger partial charge in [-0.15, -0.1) is 0 Å². The first-order valence-electron chi connectivity index (χ1n) is 12.6. The SMILES string of the molecule is COc1cccc(-c2ccc(-c3cc4c(cc3Cl)N(C(=O)OC(C)(C)C)C(=O)C4=C(O)c3cc(C)no3)cc2)c1O. The number of aliphatic hydroxyl groups is 1. The average molecular weight is 575 g/mol. The van der Waals surface area contributed by atoms with E-state index in [2.05, 4.69) is 5.16 Å². The molecule has 0 saturated heterocycles. The molecule has 0 saturated carbocycles. The summed E-state index contributed by atoms with van der Waals surface area (Å²) in [6, 6.07) is 17.1. The summed E-state index contributed by atoms with van der Waals surface area (Å²) in [5.74, 6) is -0.917. The van der Waals surface area contributed by atoms with Crippen molar-refractivity contribution in [2.75, 3.05) is 12.0 Å². The van der Waals surface area contributed by atoms with E-state index < -0.39 is 23.4 Å². The van der Waals surface area contributed by atoms with Gasteiger partial charge in [0, 0.05) is 22.8 Å². The number of imide groups is 1. The molecule has 0 fully saturated rings. The number of phenolic OH excluding ortho intramolecular Hbond substituents is 1. The minimum absolute atomic E-state index is 0.0203. The Bertz CT molecular complexity index is 1720. The highest BCUT2D eigenvalue weighted by Gasteiger charge is 2.42. The Hall–Kier alpha value is -4.76. The van der Waals surface area contributed by atoms with E-state index in [-0.39, 0.29) is 33.4 Å². The van der Waals surface area contributed by atoms with Crippen LogP contribution in [0.15, 0.2) is 65.2 Å². The molecule has 0 radical (unpaired) electrons. The number of benzene rings is 3. The van der Waals surface area contributed by atoms with Crippen molar-refractivity contribution in [2.24, 2.45) is 0 Å². The summed E-state index contributed by atoms with van der Waals surface area (Å²) >= 11 is 6.71. The molecule has 41 heavy (non-hydrogen) atoms. The maximum Gasteiger partial charge on any atom is 0.422 e. The van der Waals surface area contributed by atoms with Crippen LogP contribution in [0, 0.1) is 6.92 Å². The van der Waals surface area contributed by atoms with E-state index in [0.29, 0.717) is 28.1 Å². The van der Waals surface area contributed by atoms with Crippen molar-refractivity contribution in [1.29, 1.82) is 0 Å². The van der Waals surface area contributed by atoms with Crippen LogP contribution in [-0.4, -0.2) is 40.1 Å². The number of aromatic hydroxyl groups is 1. The highest BCUT2D eigenvalue weighted by Crippen LogP contribution is 2.46. The molecule has 3 aromatic carbocycles. The molecule has 2 N–H and O–H groups in total. The maximum absolute atomic E-state index is 13.6. The smallest absolute Gasteiger partial charge is 0.422 e. The van der Waals surface area contributed by atoms with Crippen molar-refractivity contribution in [3.63, 3.8) is 0 Å². The van der Waals surface area contributed by atoms with Gasteiger partial charge < -0.3 is 24.2 Å². The summed E-state index contributed by atoms with van der Waals surface area (Å²) in [6.45, 7) is 6.73. The average Bonchev–Trinajstić information content (AvgIpc) is 3.47. The number of methoxy groups -OCH3 is 1. The molecule has 0 atom stereocenters. The van der Waals surface area contributed by atoms with E-state index >= 15 is 0 Å².